The van der Waals surface area contributed by atoms with Gasteiger partial charge in [0.2, 0.25) is 0 Å². The Bertz CT molecular complexity index is 1070. The van der Waals surface area contributed by atoms with E-state index in [4.69, 9.17) is 9.47 Å². The van der Waals surface area contributed by atoms with Gasteiger partial charge in [-0.2, -0.15) is 5.26 Å². The number of ether oxygens (including phenoxy) is 2. The van der Waals surface area contributed by atoms with Crippen molar-refractivity contribution >= 4 is 38.4 Å². The summed E-state index contributed by atoms with van der Waals surface area (Å²) in [5.74, 6) is 1.25. The third-order valence-corrected chi connectivity index (χ3v) is 4.78. The predicted molar refractivity (Wildman–Crippen MR) is 118 cm³/mol. The second-order valence-corrected chi connectivity index (χ2v) is 6.91. The first-order valence-corrected chi connectivity index (χ1v) is 9.77. The minimum Gasteiger partial charge on any atom is -0.490 e. The number of nitriles is 1. The van der Waals surface area contributed by atoms with Gasteiger partial charge in [0.1, 0.15) is 6.61 Å². The van der Waals surface area contributed by atoms with Crippen LogP contribution in [0.2, 0.25) is 0 Å². The van der Waals surface area contributed by atoms with Crippen LogP contribution in [0, 0.1) is 11.3 Å². The summed E-state index contributed by atoms with van der Waals surface area (Å²) in [6, 6.07) is 20.2. The van der Waals surface area contributed by atoms with Crippen molar-refractivity contribution in [1.29, 1.82) is 5.26 Å². The number of hydrogen-bond acceptors (Lipinski definition) is 3. The van der Waals surface area contributed by atoms with Crippen molar-refractivity contribution in [2.75, 3.05) is 13.2 Å². The molecule has 0 amide bonds. The molecule has 3 aromatic carbocycles. The summed E-state index contributed by atoms with van der Waals surface area (Å²) < 4.78 is 12.2. The fourth-order valence-corrected chi connectivity index (χ4v) is 3.59. The fourth-order valence-electron chi connectivity index (χ4n) is 3.01. The average Bonchev–Trinajstić information content (AvgIpc) is 2.71. The first-order valence-electron chi connectivity index (χ1n) is 8.98. The van der Waals surface area contributed by atoms with Crippen LogP contribution in [0.25, 0.3) is 22.4 Å². The molecule has 0 saturated carbocycles. The topological polar surface area (TPSA) is 42.2 Å². The van der Waals surface area contributed by atoms with Crippen molar-refractivity contribution < 1.29 is 9.47 Å². The summed E-state index contributed by atoms with van der Waals surface area (Å²) in [7, 11) is 0. The Morgan fingerprint density at radius 1 is 1.14 bits per heavy atom. The summed E-state index contributed by atoms with van der Waals surface area (Å²) in [4.78, 5) is 0. The molecule has 3 rings (SSSR count). The molecule has 0 fully saturated rings. The summed E-state index contributed by atoms with van der Waals surface area (Å²) >= 11 is 3.55. The third kappa shape index (κ3) is 4.27. The van der Waals surface area contributed by atoms with Crippen molar-refractivity contribution in [3.63, 3.8) is 0 Å². The van der Waals surface area contributed by atoms with E-state index < -0.39 is 0 Å². The number of hydrogen-bond donors (Lipinski definition) is 0. The zero-order valence-corrected chi connectivity index (χ0v) is 17.2. The van der Waals surface area contributed by atoms with Gasteiger partial charge in [-0.05, 0) is 57.4 Å². The summed E-state index contributed by atoms with van der Waals surface area (Å²) in [6.07, 6.45) is 3.55. The maximum absolute atomic E-state index is 9.82. The number of benzene rings is 3. The maximum Gasteiger partial charge on any atom is 0.175 e. The normalized spacial score (nSPS) is 11.1. The Labute approximate surface area is 173 Å². The quantitative estimate of drug-likeness (QED) is 0.238. The van der Waals surface area contributed by atoms with Gasteiger partial charge >= 0.3 is 0 Å². The molecule has 0 heterocycles. The lowest BCUT2D eigenvalue weighted by Crippen LogP contribution is -2.00. The highest BCUT2D eigenvalue weighted by molar-refractivity contribution is 9.10. The van der Waals surface area contributed by atoms with E-state index in [2.05, 4.69) is 28.6 Å². The van der Waals surface area contributed by atoms with Gasteiger partial charge in [-0.3, -0.25) is 0 Å². The van der Waals surface area contributed by atoms with Gasteiger partial charge in [0, 0.05) is 5.56 Å². The van der Waals surface area contributed by atoms with E-state index in [1.807, 2.05) is 67.6 Å². The van der Waals surface area contributed by atoms with Gasteiger partial charge in [-0.15, -0.1) is 0 Å². The van der Waals surface area contributed by atoms with Crippen LogP contribution in [-0.4, -0.2) is 13.2 Å². The van der Waals surface area contributed by atoms with Gasteiger partial charge in [0.05, 0.1) is 22.7 Å². The smallest absolute Gasteiger partial charge is 0.175 e. The van der Waals surface area contributed by atoms with E-state index in [0.717, 1.165) is 26.4 Å². The van der Waals surface area contributed by atoms with Gasteiger partial charge in [-0.25, -0.2) is 0 Å². The Morgan fingerprint density at radius 3 is 2.68 bits per heavy atom. The van der Waals surface area contributed by atoms with Crippen LogP contribution in [0.5, 0.6) is 11.5 Å². The highest BCUT2D eigenvalue weighted by Crippen LogP contribution is 2.38. The SMILES string of the molecule is C=CCOc1c(Br)cc(/C=C(/C#N)c2cccc3ccccc23)cc1OCC. The van der Waals surface area contributed by atoms with Crippen LogP contribution in [0.4, 0.5) is 0 Å². The molecule has 0 atom stereocenters. The molecule has 3 nitrogen and oxygen atoms in total. The molecule has 0 aromatic heterocycles. The predicted octanol–water partition coefficient (Wildman–Crippen LogP) is 6.63. The van der Waals surface area contributed by atoms with Crippen molar-refractivity contribution in [2.45, 2.75) is 6.92 Å². The van der Waals surface area contributed by atoms with Gasteiger partial charge in [-0.1, -0.05) is 55.1 Å². The third-order valence-electron chi connectivity index (χ3n) is 4.19. The summed E-state index contributed by atoms with van der Waals surface area (Å²) in [5, 5.41) is 12.0. The molecule has 0 unspecified atom stereocenters. The minimum absolute atomic E-state index is 0.382. The van der Waals surface area contributed by atoms with Crippen LogP contribution < -0.4 is 9.47 Å². The lowest BCUT2D eigenvalue weighted by Gasteiger charge is -2.14. The van der Waals surface area contributed by atoms with Crippen molar-refractivity contribution in [2.24, 2.45) is 0 Å². The van der Waals surface area contributed by atoms with Crippen LogP contribution in [0.1, 0.15) is 18.1 Å². The highest BCUT2D eigenvalue weighted by Gasteiger charge is 2.13. The molecule has 3 aromatic rings. The van der Waals surface area contributed by atoms with Gasteiger partial charge < -0.3 is 9.47 Å². The number of nitrogens with zero attached hydrogens (tertiary/aromatic N) is 1. The Hall–Kier alpha value is -3.03. The molecule has 28 heavy (non-hydrogen) atoms. The summed E-state index contributed by atoms with van der Waals surface area (Å²) in [6.45, 7) is 6.50. The van der Waals surface area contributed by atoms with E-state index in [1.165, 1.54) is 0 Å². The molecule has 140 valence electrons. The maximum atomic E-state index is 9.82. The number of fused-ring (bicyclic) bond motifs is 1. The van der Waals surface area contributed by atoms with Crippen molar-refractivity contribution in [1.82, 2.24) is 0 Å². The van der Waals surface area contributed by atoms with Crippen LogP contribution in [0.15, 0.2) is 71.7 Å². The first-order chi connectivity index (χ1) is 13.7. The Balaban J connectivity index is 2.10. The van der Waals surface area contributed by atoms with E-state index in [1.54, 1.807) is 6.08 Å². The molecule has 0 spiro atoms. The standard InChI is InChI=1S/C24H20BrNO2/c1-3-12-28-24-22(25)14-17(15-23(24)27-4-2)13-19(16-26)21-11-7-9-18-8-5-6-10-20(18)21/h3,5-11,13-15H,1,4,12H2,2H3/b19-13-. The van der Waals surface area contributed by atoms with E-state index in [0.29, 0.717) is 30.3 Å². The van der Waals surface area contributed by atoms with E-state index in [-0.39, 0.29) is 0 Å². The minimum atomic E-state index is 0.382. The molecule has 0 N–H and O–H groups in total. The Kier molecular flexibility index (Phi) is 6.52. The average molecular weight is 434 g/mol. The van der Waals surface area contributed by atoms with Crippen molar-refractivity contribution in [3.8, 4) is 17.6 Å². The Morgan fingerprint density at radius 2 is 1.93 bits per heavy atom. The first kappa shape index (κ1) is 19.7. The number of allylic oxidation sites excluding steroid dienone is 1. The molecule has 0 saturated heterocycles. The largest absolute Gasteiger partial charge is 0.490 e. The van der Waals surface area contributed by atoms with E-state index >= 15 is 0 Å². The number of halogens is 1. The monoisotopic (exact) mass is 433 g/mol. The lowest BCUT2D eigenvalue weighted by atomic mass is 9.97. The van der Waals surface area contributed by atoms with Crippen molar-refractivity contribution in [3.05, 3.63) is 82.9 Å². The summed E-state index contributed by atoms with van der Waals surface area (Å²) in [5.41, 5.74) is 2.35. The van der Waals surface area contributed by atoms with Crippen LogP contribution in [-0.2, 0) is 0 Å². The zero-order chi connectivity index (χ0) is 19.9. The molecule has 0 aliphatic rings. The second-order valence-electron chi connectivity index (χ2n) is 6.06. The molecule has 0 aliphatic heterocycles. The van der Waals surface area contributed by atoms with Gasteiger partial charge in [0.15, 0.2) is 11.5 Å². The number of rotatable bonds is 7. The zero-order valence-electron chi connectivity index (χ0n) is 15.6. The van der Waals surface area contributed by atoms with Gasteiger partial charge in [0.25, 0.3) is 0 Å². The second kappa shape index (κ2) is 9.25. The van der Waals surface area contributed by atoms with Crippen LogP contribution >= 0.6 is 15.9 Å². The molecule has 0 bridgehead atoms. The van der Waals surface area contributed by atoms with E-state index in [9.17, 15) is 5.26 Å². The molecule has 4 heteroatoms. The molecular weight excluding hydrogens is 414 g/mol. The molecule has 0 radical (unpaired) electrons. The highest BCUT2D eigenvalue weighted by atomic mass is 79.9. The van der Waals surface area contributed by atoms with Crippen LogP contribution in [0.3, 0.4) is 0 Å². The lowest BCUT2D eigenvalue weighted by molar-refractivity contribution is 0.295. The molecule has 0 aliphatic carbocycles. The fraction of sp³-hybridized carbons (Fsp3) is 0.125. The molecular formula is C24H20BrNO2.